The van der Waals surface area contributed by atoms with Gasteiger partial charge in [0.05, 0.1) is 18.7 Å². The Kier molecular flexibility index (Phi) is 2.45. The van der Waals surface area contributed by atoms with Crippen molar-refractivity contribution < 1.29 is 4.74 Å². The molecule has 0 aliphatic carbocycles. The molecule has 0 spiro atoms. The number of aromatic nitrogens is 1. The van der Waals surface area contributed by atoms with Crippen molar-refractivity contribution in [2.75, 3.05) is 6.61 Å². The van der Waals surface area contributed by atoms with Gasteiger partial charge in [-0.1, -0.05) is 11.6 Å². The fourth-order valence-corrected chi connectivity index (χ4v) is 2.43. The van der Waals surface area contributed by atoms with Gasteiger partial charge in [0.1, 0.15) is 0 Å². The monoisotopic (exact) mass is 249 g/mol. The number of ether oxygens (including phenoxy) is 1. The van der Waals surface area contributed by atoms with Crippen molar-refractivity contribution in [1.29, 1.82) is 0 Å². The molecule has 0 fully saturated rings. The molecule has 4 heteroatoms. The Labute approximate surface area is 103 Å². The number of aromatic amines is 1. The number of H-pyrrole nitrogens is 1. The summed E-state index contributed by atoms with van der Waals surface area (Å²) in [5.74, 6) is 0. The van der Waals surface area contributed by atoms with E-state index in [1.54, 1.807) is 12.1 Å². The van der Waals surface area contributed by atoms with Crippen molar-refractivity contribution in [1.82, 2.24) is 4.98 Å². The van der Waals surface area contributed by atoms with Crippen LogP contribution in [0.15, 0.2) is 16.9 Å². The number of hydrogen-bond acceptors (Lipinski definition) is 2. The van der Waals surface area contributed by atoms with E-state index >= 15 is 0 Å². The second-order valence-corrected chi connectivity index (χ2v) is 4.72. The summed E-state index contributed by atoms with van der Waals surface area (Å²) in [6, 6.07) is 3.54. The first-order valence-electron chi connectivity index (χ1n) is 5.59. The molecule has 1 aromatic heterocycles. The zero-order valence-corrected chi connectivity index (χ0v) is 10.2. The van der Waals surface area contributed by atoms with Gasteiger partial charge in [-0.05, 0) is 24.6 Å². The maximum absolute atomic E-state index is 12.3. The molecule has 3 rings (SSSR count). The van der Waals surface area contributed by atoms with Crippen LogP contribution in [0.5, 0.6) is 0 Å². The molecule has 3 nitrogen and oxygen atoms in total. The summed E-state index contributed by atoms with van der Waals surface area (Å²) in [5, 5.41) is 1.37. The van der Waals surface area contributed by atoms with Crippen LogP contribution in [0.4, 0.5) is 0 Å². The van der Waals surface area contributed by atoms with E-state index in [1.807, 2.05) is 6.92 Å². The highest BCUT2D eigenvalue weighted by Crippen LogP contribution is 2.24. The van der Waals surface area contributed by atoms with Gasteiger partial charge in [0, 0.05) is 28.1 Å². The first-order chi connectivity index (χ1) is 8.18. The molecule has 88 valence electrons. The molecule has 1 aliphatic rings. The van der Waals surface area contributed by atoms with E-state index in [-0.39, 0.29) is 5.43 Å². The number of pyridine rings is 1. The van der Waals surface area contributed by atoms with Crippen LogP contribution in [-0.2, 0) is 17.8 Å². The number of rotatable bonds is 0. The predicted octanol–water partition coefficient (Wildman–Crippen LogP) is 2.56. The summed E-state index contributed by atoms with van der Waals surface area (Å²) < 4.78 is 5.33. The number of fused-ring (bicyclic) bond motifs is 2. The summed E-state index contributed by atoms with van der Waals surface area (Å²) in [6.07, 6.45) is 0.756. The highest BCUT2D eigenvalue weighted by molar-refractivity contribution is 6.32. The van der Waals surface area contributed by atoms with Crippen LogP contribution in [-0.4, -0.2) is 11.6 Å². The van der Waals surface area contributed by atoms with Gasteiger partial charge in [0.15, 0.2) is 5.43 Å². The molecule has 1 aliphatic heterocycles. The van der Waals surface area contributed by atoms with Crippen molar-refractivity contribution in [2.24, 2.45) is 0 Å². The quantitative estimate of drug-likeness (QED) is 0.780. The average Bonchev–Trinajstić information content (AvgIpc) is 2.35. The van der Waals surface area contributed by atoms with Gasteiger partial charge < -0.3 is 9.72 Å². The lowest BCUT2D eigenvalue weighted by atomic mass is 10.0. The third-order valence-corrected chi connectivity index (χ3v) is 3.71. The van der Waals surface area contributed by atoms with Gasteiger partial charge in [0.25, 0.3) is 0 Å². The molecule has 17 heavy (non-hydrogen) atoms. The molecule has 2 heterocycles. The lowest BCUT2D eigenvalue weighted by Crippen LogP contribution is -2.22. The first kappa shape index (κ1) is 10.8. The number of halogens is 1. The maximum Gasteiger partial charge on any atom is 0.195 e. The molecule has 0 saturated heterocycles. The van der Waals surface area contributed by atoms with E-state index in [0.29, 0.717) is 23.6 Å². The molecular formula is C13H12ClNO2. The Hall–Kier alpha value is -1.32. The Morgan fingerprint density at radius 1 is 1.41 bits per heavy atom. The summed E-state index contributed by atoms with van der Waals surface area (Å²) in [7, 11) is 0. The minimum absolute atomic E-state index is 0.0632. The third kappa shape index (κ3) is 1.58. The third-order valence-electron chi connectivity index (χ3n) is 3.30. The van der Waals surface area contributed by atoms with Crippen LogP contribution in [0.3, 0.4) is 0 Å². The minimum atomic E-state index is 0.0632. The van der Waals surface area contributed by atoms with Gasteiger partial charge in [-0.3, -0.25) is 4.79 Å². The Morgan fingerprint density at radius 2 is 2.24 bits per heavy atom. The number of aryl methyl sites for hydroxylation is 1. The Balaban J connectivity index is 2.44. The Morgan fingerprint density at radius 3 is 3.06 bits per heavy atom. The van der Waals surface area contributed by atoms with Gasteiger partial charge in [-0.25, -0.2) is 0 Å². The van der Waals surface area contributed by atoms with Crippen molar-refractivity contribution >= 4 is 22.5 Å². The Bertz CT molecular complexity index is 660. The molecule has 0 atom stereocenters. The standard InChI is InChI=1S/C13H12ClNO2/c1-7-10(14)3-2-8-12(7)15-11-4-5-17-6-9(11)13(8)16/h2-3H,4-6H2,1H3,(H,15,16). The number of hydrogen-bond donors (Lipinski definition) is 1. The van der Waals surface area contributed by atoms with E-state index in [0.717, 1.165) is 28.8 Å². The fourth-order valence-electron chi connectivity index (χ4n) is 2.28. The van der Waals surface area contributed by atoms with Gasteiger partial charge in [-0.15, -0.1) is 0 Å². The van der Waals surface area contributed by atoms with Crippen molar-refractivity contribution in [3.8, 4) is 0 Å². The van der Waals surface area contributed by atoms with E-state index in [9.17, 15) is 4.79 Å². The second kappa shape index (κ2) is 3.86. The summed E-state index contributed by atoms with van der Waals surface area (Å²) >= 11 is 6.08. The minimum Gasteiger partial charge on any atom is -0.376 e. The van der Waals surface area contributed by atoms with Crippen LogP contribution in [0.1, 0.15) is 16.8 Å². The highest BCUT2D eigenvalue weighted by Gasteiger charge is 2.17. The fraction of sp³-hybridized carbons (Fsp3) is 0.308. The van der Waals surface area contributed by atoms with Gasteiger partial charge >= 0.3 is 0 Å². The second-order valence-electron chi connectivity index (χ2n) is 4.31. The van der Waals surface area contributed by atoms with Gasteiger partial charge in [0.2, 0.25) is 0 Å². The SMILES string of the molecule is Cc1c(Cl)ccc2c(=O)c3c([nH]c12)CCOC3. The van der Waals surface area contributed by atoms with Crippen molar-refractivity contribution in [3.63, 3.8) is 0 Å². The highest BCUT2D eigenvalue weighted by atomic mass is 35.5. The topological polar surface area (TPSA) is 42.1 Å². The number of benzene rings is 1. The van der Waals surface area contributed by atoms with Crippen LogP contribution in [0, 0.1) is 6.92 Å². The molecular weight excluding hydrogens is 238 g/mol. The van der Waals surface area contributed by atoms with E-state index < -0.39 is 0 Å². The molecule has 0 amide bonds. The molecule has 0 radical (unpaired) electrons. The van der Waals surface area contributed by atoms with E-state index in [4.69, 9.17) is 16.3 Å². The van der Waals surface area contributed by atoms with Crippen molar-refractivity contribution in [3.05, 3.63) is 44.2 Å². The lowest BCUT2D eigenvalue weighted by molar-refractivity contribution is 0.109. The zero-order chi connectivity index (χ0) is 12.0. The number of nitrogens with one attached hydrogen (secondary N) is 1. The summed E-state index contributed by atoms with van der Waals surface area (Å²) in [4.78, 5) is 15.6. The summed E-state index contributed by atoms with van der Waals surface area (Å²) in [6.45, 7) is 2.99. The predicted molar refractivity (Wildman–Crippen MR) is 67.7 cm³/mol. The first-order valence-corrected chi connectivity index (χ1v) is 5.97. The van der Waals surface area contributed by atoms with E-state index in [1.165, 1.54) is 0 Å². The van der Waals surface area contributed by atoms with Crippen LogP contribution in [0.2, 0.25) is 5.02 Å². The molecule has 1 N–H and O–H groups in total. The normalized spacial score (nSPS) is 14.9. The van der Waals surface area contributed by atoms with Crippen LogP contribution < -0.4 is 5.43 Å². The molecule has 2 aromatic rings. The molecule has 0 unspecified atom stereocenters. The zero-order valence-electron chi connectivity index (χ0n) is 9.47. The molecule has 0 bridgehead atoms. The summed E-state index contributed by atoms with van der Waals surface area (Å²) in [5.41, 5.74) is 3.58. The van der Waals surface area contributed by atoms with Crippen molar-refractivity contribution in [2.45, 2.75) is 20.0 Å². The van der Waals surface area contributed by atoms with E-state index in [2.05, 4.69) is 4.98 Å². The van der Waals surface area contributed by atoms with Gasteiger partial charge in [-0.2, -0.15) is 0 Å². The molecule has 0 saturated carbocycles. The smallest absolute Gasteiger partial charge is 0.195 e. The average molecular weight is 250 g/mol. The molecule has 1 aromatic carbocycles. The van der Waals surface area contributed by atoms with Crippen LogP contribution in [0.25, 0.3) is 10.9 Å². The lowest BCUT2D eigenvalue weighted by Gasteiger charge is -2.17. The van der Waals surface area contributed by atoms with Crippen LogP contribution >= 0.6 is 11.6 Å². The maximum atomic E-state index is 12.3. The largest absolute Gasteiger partial charge is 0.376 e.